The number of hydrogen-bond acceptors (Lipinski definition) is 5. The third-order valence-corrected chi connectivity index (χ3v) is 3.50. The van der Waals surface area contributed by atoms with Crippen molar-refractivity contribution in [3.8, 4) is 0 Å². The Kier molecular flexibility index (Phi) is 4.36. The highest BCUT2D eigenvalue weighted by molar-refractivity contribution is 5.43. The average Bonchev–Trinajstić information content (AvgIpc) is 2.41. The summed E-state index contributed by atoms with van der Waals surface area (Å²) < 4.78 is 0. The molecule has 100 valence electrons. The Morgan fingerprint density at radius 1 is 1.22 bits per heavy atom. The molecule has 1 aromatic rings. The Labute approximate surface area is 108 Å². The number of aromatic nitrogens is 2. The molecular formula is C13H22N4O. The van der Waals surface area contributed by atoms with Crippen LogP contribution in [-0.4, -0.2) is 33.8 Å². The maximum Gasteiger partial charge on any atom is 0.147 e. The predicted octanol–water partition coefficient (Wildman–Crippen LogP) is 2.02. The van der Waals surface area contributed by atoms with Crippen LogP contribution in [0.1, 0.15) is 39.0 Å². The van der Waals surface area contributed by atoms with Gasteiger partial charge in [0.2, 0.25) is 0 Å². The largest absolute Gasteiger partial charge is 0.394 e. The van der Waals surface area contributed by atoms with Crippen molar-refractivity contribution in [2.24, 2.45) is 0 Å². The van der Waals surface area contributed by atoms with Crippen LogP contribution in [0.25, 0.3) is 0 Å². The zero-order chi connectivity index (χ0) is 12.8. The lowest BCUT2D eigenvalue weighted by atomic mass is 9.82. The van der Waals surface area contributed by atoms with Crippen molar-refractivity contribution in [3.05, 3.63) is 12.4 Å². The molecule has 0 spiro atoms. The highest BCUT2D eigenvalue weighted by atomic mass is 16.3. The van der Waals surface area contributed by atoms with Crippen LogP contribution in [-0.2, 0) is 0 Å². The summed E-state index contributed by atoms with van der Waals surface area (Å²) in [6.45, 7) is 3.00. The third kappa shape index (κ3) is 3.10. The third-order valence-electron chi connectivity index (χ3n) is 3.50. The van der Waals surface area contributed by atoms with E-state index in [0.717, 1.165) is 43.9 Å². The topological polar surface area (TPSA) is 70.1 Å². The molecule has 5 heteroatoms. The Balaban J connectivity index is 2.08. The highest BCUT2D eigenvalue weighted by Gasteiger charge is 2.31. The van der Waals surface area contributed by atoms with Crippen LogP contribution in [0.5, 0.6) is 0 Å². The van der Waals surface area contributed by atoms with Gasteiger partial charge in [-0.2, -0.15) is 0 Å². The van der Waals surface area contributed by atoms with Gasteiger partial charge in [0.05, 0.1) is 24.5 Å². The summed E-state index contributed by atoms with van der Waals surface area (Å²) in [6.07, 6.45) is 9.00. The van der Waals surface area contributed by atoms with Crippen molar-refractivity contribution in [2.75, 3.05) is 23.8 Å². The fraction of sp³-hybridized carbons (Fsp3) is 0.692. The molecule has 0 bridgehead atoms. The van der Waals surface area contributed by atoms with Gasteiger partial charge in [-0.3, -0.25) is 4.98 Å². The minimum atomic E-state index is -0.211. The molecule has 1 saturated carbocycles. The number of nitrogens with zero attached hydrogens (tertiary/aromatic N) is 2. The summed E-state index contributed by atoms with van der Waals surface area (Å²) in [4.78, 5) is 8.62. The van der Waals surface area contributed by atoms with Gasteiger partial charge in [-0.15, -0.1) is 0 Å². The van der Waals surface area contributed by atoms with E-state index < -0.39 is 0 Å². The first-order valence-electron chi connectivity index (χ1n) is 6.73. The Morgan fingerprint density at radius 3 is 2.61 bits per heavy atom. The smallest absolute Gasteiger partial charge is 0.147 e. The monoisotopic (exact) mass is 250 g/mol. The molecule has 1 aromatic heterocycles. The second-order valence-electron chi connectivity index (χ2n) is 4.94. The van der Waals surface area contributed by atoms with E-state index in [1.807, 2.05) is 6.92 Å². The van der Waals surface area contributed by atoms with Crippen LogP contribution in [0.4, 0.5) is 11.6 Å². The van der Waals surface area contributed by atoms with E-state index in [1.165, 1.54) is 6.42 Å². The summed E-state index contributed by atoms with van der Waals surface area (Å²) in [5.74, 6) is 1.51. The molecule has 0 unspecified atom stereocenters. The van der Waals surface area contributed by atoms with Crippen molar-refractivity contribution in [2.45, 2.75) is 44.6 Å². The molecule has 0 aliphatic heterocycles. The van der Waals surface area contributed by atoms with Crippen molar-refractivity contribution in [1.29, 1.82) is 0 Å². The van der Waals surface area contributed by atoms with E-state index in [-0.39, 0.29) is 12.1 Å². The molecule has 0 aromatic carbocycles. The number of rotatable bonds is 5. The molecule has 1 fully saturated rings. The average molecular weight is 250 g/mol. The van der Waals surface area contributed by atoms with Crippen molar-refractivity contribution in [1.82, 2.24) is 9.97 Å². The van der Waals surface area contributed by atoms with E-state index in [1.54, 1.807) is 12.4 Å². The maximum absolute atomic E-state index is 9.65. The molecule has 0 amide bonds. The van der Waals surface area contributed by atoms with Crippen LogP contribution in [0.15, 0.2) is 12.4 Å². The van der Waals surface area contributed by atoms with Crippen LogP contribution in [0, 0.1) is 0 Å². The fourth-order valence-electron chi connectivity index (χ4n) is 2.52. The van der Waals surface area contributed by atoms with E-state index in [0.29, 0.717) is 0 Å². The number of nitrogens with one attached hydrogen (secondary N) is 2. The first-order chi connectivity index (χ1) is 8.78. The summed E-state index contributed by atoms with van der Waals surface area (Å²) in [6, 6.07) is 0. The van der Waals surface area contributed by atoms with Gasteiger partial charge in [0.15, 0.2) is 0 Å². The molecule has 0 atom stereocenters. The normalized spacial score (nSPS) is 18.3. The molecule has 5 nitrogen and oxygen atoms in total. The van der Waals surface area contributed by atoms with Crippen LogP contribution in [0.3, 0.4) is 0 Å². The van der Waals surface area contributed by atoms with E-state index in [2.05, 4.69) is 20.6 Å². The van der Waals surface area contributed by atoms with Gasteiger partial charge in [0.1, 0.15) is 11.6 Å². The zero-order valence-electron chi connectivity index (χ0n) is 10.9. The van der Waals surface area contributed by atoms with E-state index >= 15 is 0 Å². The van der Waals surface area contributed by atoms with Gasteiger partial charge < -0.3 is 15.7 Å². The quantitative estimate of drug-likeness (QED) is 0.746. The summed E-state index contributed by atoms with van der Waals surface area (Å²) in [7, 11) is 0. The first kappa shape index (κ1) is 13.1. The lowest BCUT2D eigenvalue weighted by Crippen LogP contribution is -2.44. The first-order valence-corrected chi connectivity index (χ1v) is 6.73. The van der Waals surface area contributed by atoms with Crippen LogP contribution < -0.4 is 10.6 Å². The molecule has 2 rings (SSSR count). The molecule has 1 aliphatic rings. The lowest BCUT2D eigenvalue weighted by molar-refractivity contribution is 0.172. The maximum atomic E-state index is 9.65. The zero-order valence-corrected chi connectivity index (χ0v) is 10.9. The van der Waals surface area contributed by atoms with Gasteiger partial charge in [0.25, 0.3) is 0 Å². The van der Waals surface area contributed by atoms with Gasteiger partial charge in [-0.1, -0.05) is 19.3 Å². The highest BCUT2D eigenvalue weighted by Crippen LogP contribution is 2.30. The molecular weight excluding hydrogens is 228 g/mol. The summed E-state index contributed by atoms with van der Waals surface area (Å²) >= 11 is 0. The van der Waals surface area contributed by atoms with Gasteiger partial charge in [0, 0.05) is 6.54 Å². The second-order valence-corrected chi connectivity index (χ2v) is 4.94. The van der Waals surface area contributed by atoms with Gasteiger partial charge in [-0.25, -0.2) is 4.98 Å². The van der Waals surface area contributed by atoms with E-state index in [4.69, 9.17) is 0 Å². The van der Waals surface area contributed by atoms with Crippen LogP contribution >= 0.6 is 0 Å². The standard InChI is InChI=1S/C13H22N4O/c1-2-15-11-8-14-9-12(16-11)17-13(10-18)6-4-3-5-7-13/h8-9,18H,2-7,10H2,1H3,(H2,15,16,17). The Morgan fingerprint density at radius 2 is 1.94 bits per heavy atom. The molecule has 18 heavy (non-hydrogen) atoms. The summed E-state index contributed by atoms with van der Waals surface area (Å²) in [5.41, 5.74) is -0.211. The van der Waals surface area contributed by atoms with Gasteiger partial charge >= 0.3 is 0 Å². The molecule has 1 aliphatic carbocycles. The number of anilines is 2. The Hall–Kier alpha value is -1.36. The molecule has 3 N–H and O–H groups in total. The molecule has 0 radical (unpaired) electrons. The van der Waals surface area contributed by atoms with Crippen molar-refractivity contribution >= 4 is 11.6 Å². The van der Waals surface area contributed by atoms with Crippen molar-refractivity contribution < 1.29 is 5.11 Å². The van der Waals surface area contributed by atoms with Crippen LogP contribution in [0.2, 0.25) is 0 Å². The van der Waals surface area contributed by atoms with Crippen molar-refractivity contribution in [3.63, 3.8) is 0 Å². The van der Waals surface area contributed by atoms with E-state index in [9.17, 15) is 5.11 Å². The number of aliphatic hydroxyl groups is 1. The number of aliphatic hydroxyl groups excluding tert-OH is 1. The summed E-state index contributed by atoms with van der Waals surface area (Å²) in [5, 5.41) is 16.2. The lowest BCUT2D eigenvalue weighted by Gasteiger charge is -2.36. The number of hydrogen-bond donors (Lipinski definition) is 3. The van der Waals surface area contributed by atoms with Gasteiger partial charge in [-0.05, 0) is 19.8 Å². The molecule has 1 heterocycles. The fourth-order valence-corrected chi connectivity index (χ4v) is 2.52. The SMILES string of the molecule is CCNc1cncc(NC2(CO)CCCCC2)n1. The minimum Gasteiger partial charge on any atom is -0.394 e. The Bertz CT molecular complexity index is 377. The molecule has 0 saturated heterocycles. The predicted molar refractivity (Wildman–Crippen MR) is 72.7 cm³/mol. The second kappa shape index (κ2) is 6.00. The minimum absolute atomic E-state index is 0.153.